The second-order valence-electron chi connectivity index (χ2n) is 4.05. The predicted molar refractivity (Wildman–Crippen MR) is 88.6 cm³/mol. The molecule has 0 radical (unpaired) electrons. The van der Waals surface area contributed by atoms with Crippen LogP contribution in [-0.2, 0) is 0 Å². The number of benzene rings is 1. The predicted octanol–water partition coefficient (Wildman–Crippen LogP) is 2.83. The molecule has 0 unspecified atom stereocenters. The van der Waals surface area contributed by atoms with E-state index < -0.39 is 0 Å². The van der Waals surface area contributed by atoms with E-state index in [0.29, 0.717) is 0 Å². The highest BCUT2D eigenvalue weighted by Gasteiger charge is 2.16. The van der Waals surface area contributed by atoms with Crippen molar-refractivity contribution in [1.29, 1.82) is 0 Å². The van der Waals surface area contributed by atoms with Crippen LogP contribution in [0.3, 0.4) is 0 Å². The lowest BCUT2D eigenvalue weighted by Crippen LogP contribution is -2.15. The number of hydrogen-bond donors (Lipinski definition) is 2. The van der Waals surface area contributed by atoms with E-state index in [1.165, 1.54) is 32.4 Å². The Kier molecular flexibility index (Phi) is 2.66. The van der Waals surface area contributed by atoms with E-state index in [1.54, 1.807) is 22.3 Å². The number of allylic oxidation sites excluding steroid dienone is 2. The summed E-state index contributed by atoms with van der Waals surface area (Å²) < 4.78 is 6.70. The number of hydrogen-bond acceptors (Lipinski definition) is 3. The molecule has 0 fully saturated rings. The zero-order valence-electron chi connectivity index (χ0n) is 9.69. The monoisotopic (exact) mass is 300 g/mol. The molecule has 3 aliphatic rings. The van der Waals surface area contributed by atoms with Gasteiger partial charge in [-0.05, 0) is 24.3 Å². The molecule has 0 aromatic heterocycles. The molecule has 3 heterocycles. The molecule has 0 atom stereocenters. The van der Waals surface area contributed by atoms with E-state index in [2.05, 4.69) is 44.1 Å². The molecule has 1 aromatic carbocycles. The fourth-order valence-electron chi connectivity index (χ4n) is 2.12. The fraction of sp³-hybridized carbons (Fsp3) is 0. The van der Waals surface area contributed by atoms with Gasteiger partial charge in [0.25, 0.3) is 0 Å². The first-order chi connectivity index (χ1) is 9.43. The standard InChI is InChI=1S/C14H8N2S3/c1-3-11(17-7-1)9-5-6-10(12-4-2-8-18-12)14-13(9)15-19-16-14/h1-6,15-16H/b11-9-,12-10+. The van der Waals surface area contributed by atoms with Crippen molar-refractivity contribution in [2.45, 2.75) is 0 Å². The minimum Gasteiger partial charge on any atom is -0.310 e. The molecule has 0 amide bonds. The van der Waals surface area contributed by atoms with Gasteiger partial charge in [0, 0.05) is 20.2 Å². The van der Waals surface area contributed by atoms with E-state index in [-0.39, 0.29) is 0 Å². The van der Waals surface area contributed by atoms with Crippen LogP contribution < -0.4 is 19.9 Å². The highest BCUT2D eigenvalue weighted by Crippen LogP contribution is 2.29. The van der Waals surface area contributed by atoms with Gasteiger partial charge in [0.15, 0.2) is 0 Å². The van der Waals surface area contributed by atoms with Gasteiger partial charge < -0.3 is 9.44 Å². The van der Waals surface area contributed by atoms with E-state index >= 15 is 0 Å². The highest BCUT2D eigenvalue weighted by molar-refractivity contribution is 8.02. The van der Waals surface area contributed by atoms with Crippen LogP contribution in [0.4, 0.5) is 11.4 Å². The molecule has 2 N–H and O–H groups in total. The largest absolute Gasteiger partial charge is 0.310 e. The SMILES string of the molecule is C1#S/C(=c2/cc/c(=C3/C=CC#S3)c3c2NSN3)C=C1. The molecule has 0 bridgehead atoms. The second-order valence-corrected chi connectivity index (χ2v) is 6.42. The maximum atomic E-state index is 3.35. The quantitative estimate of drug-likeness (QED) is 0.721. The molecule has 0 spiro atoms. The third-order valence-corrected chi connectivity index (χ3v) is 5.26. The Morgan fingerprint density at radius 3 is 1.74 bits per heavy atom. The summed E-state index contributed by atoms with van der Waals surface area (Å²) in [7, 11) is 0. The van der Waals surface area contributed by atoms with Crippen LogP contribution in [0.1, 0.15) is 0 Å². The second kappa shape index (κ2) is 4.49. The smallest absolute Gasteiger partial charge is 0.0792 e. The van der Waals surface area contributed by atoms with Crippen molar-refractivity contribution in [3.05, 3.63) is 46.9 Å². The first-order valence-corrected chi connectivity index (χ1v) is 8.16. The summed E-state index contributed by atoms with van der Waals surface area (Å²) in [5.41, 5.74) is 2.32. The summed E-state index contributed by atoms with van der Waals surface area (Å²) in [4.78, 5) is 2.47. The van der Waals surface area contributed by atoms with Gasteiger partial charge >= 0.3 is 0 Å². The molecule has 4 rings (SSSR count). The molecule has 3 aliphatic heterocycles. The molecule has 19 heavy (non-hydrogen) atoms. The van der Waals surface area contributed by atoms with Crippen LogP contribution >= 0.6 is 34.5 Å². The Bertz CT molecular complexity index is 827. The van der Waals surface area contributed by atoms with Crippen molar-refractivity contribution in [3.8, 4) is 10.4 Å². The van der Waals surface area contributed by atoms with E-state index in [4.69, 9.17) is 0 Å². The number of rotatable bonds is 0. The molecule has 0 saturated carbocycles. The number of anilines is 2. The molecular formula is C14H8N2S3. The van der Waals surface area contributed by atoms with Crippen molar-refractivity contribution >= 4 is 55.7 Å². The molecule has 0 aliphatic carbocycles. The summed E-state index contributed by atoms with van der Waals surface area (Å²) in [5.74, 6) is 0. The number of nitrogens with one attached hydrogen (secondary N) is 2. The maximum absolute atomic E-state index is 3.35. The summed E-state index contributed by atoms with van der Waals surface area (Å²) in [6, 6.07) is 4.35. The van der Waals surface area contributed by atoms with Crippen molar-refractivity contribution < 1.29 is 0 Å². The summed E-state index contributed by atoms with van der Waals surface area (Å²) in [6.45, 7) is 0. The van der Waals surface area contributed by atoms with Crippen LogP contribution in [-0.4, -0.2) is 0 Å². The summed E-state index contributed by atoms with van der Waals surface area (Å²) in [5, 5.41) is 8.74. The first kappa shape index (κ1) is 11.2. The van der Waals surface area contributed by atoms with E-state index in [1.807, 2.05) is 12.2 Å². The minimum absolute atomic E-state index is 1.16. The van der Waals surface area contributed by atoms with Gasteiger partial charge in [0.2, 0.25) is 0 Å². The van der Waals surface area contributed by atoms with E-state index in [0.717, 1.165) is 11.4 Å². The lowest BCUT2D eigenvalue weighted by molar-refractivity contribution is 1.55. The van der Waals surface area contributed by atoms with Crippen molar-refractivity contribution in [3.63, 3.8) is 0 Å². The number of fused-ring (bicyclic) bond motifs is 1. The molecule has 2 nitrogen and oxygen atoms in total. The van der Waals surface area contributed by atoms with Gasteiger partial charge in [0.1, 0.15) is 0 Å². The zero-order valence-corrected chi connectivity index (χ0v) is 12.1. The third-order valence-electron chi connectivity index (χ3n) is 2.99. The zero-order chi connectivity index (χ0) is 12.7. The maximum Gasteiger partial charge on any atom is 0.0792 e. The Labute approximate surface area is 122 Å². The Morgan fingerprint density at radius 2 is 1.32 bits per heavy atom. The van der Waals surface area contributed by atoms with Gasteiger partial charge in [-0.1, -0.05) is 44.8 Å². The first-order valence-electron chi connectivity index (χ1n) is 5.71. The summed E-state index contributed by atoms with van der Waals surface area (Å²) >= 11 is 4.79. The van der Waals surface area contributed by atoms with Gasteiger partial charge in [-0.3, -0.25) is 0 Å². The third kappa shape index (κ3) is 1.80. The topological polar surface area (TPSA) is 24.1 Å². The Hall–Kier alpha value is -1.61. The van der Waals surface area contributed by atoms with Crippen LogP contribution in [0.15, 0.2) is 36.4 Å². The Morgan fingerprint density at radius 1 is 0.789 bits per heavy atom. The van der Waals surface area contributed by atoms with Crippen molar-refractivity contribution in [2.24, 2.45) is 0 Å². The van der Waals surface area contributed by atoms with Gasteiger partial charge in [-0.2, -0.15) is 0 Å². The normalized spacial score (nSPS) is 22.9. The minimum atomic E-state index is 1.16. The highest BCUT2D eigenvalue weighted by atomic mass is 32.2. The van der Waals surface area contributed by atoms with Crippen LogP contribution in [0.2, 0.25) is 0 Å². The molecule has 5 heteroatoms. The van der Waals surface area contributed by atoms with Gasteiger partial charge in [-0.25, -0.2) is 0 Å². The van der Waals surface area contributed by atoms with Gasteiger partial charge in [0.05, 0.1) is 23.5 Å². The van der Waals surface area contributed by atoms with Gasteiger partial charge in [-0.15, -0.1) is 0 Å². The van der Waals surface area contributed by atoms with Crippen LogP contribution in [0.25, 0.3) is 9.81 Å². The summed E-state index contributed by atoms with van der Waals surface area (Å²) in [6.07, 6.45) is 8.13. The molecule has 0 saturated heterocycles. The van der Waals surface area contributed by atoms with Crippen LogP contribution in [0, 0.1) is 10.4 Å². The lowest BCUT2D eigenvalue weighted by Gasteiger charge is -2.02. The van der Waals surface area contributed by atoms with E-state index in [9.17, 15) is 0 Å². The molecule has 92 valence electrons. The van der Waals surface area contributed by atoms with Crippen LogP contribution in [0.5, 0.6) is 0 Å². The van der Waals surface area contributed by atoms with Crippen molar-refractivity contribution in [2.75, 3.05) is 9.44 Å². The Balaban J connectivity index is 2.11. The average molecular weight is 300 g/mol. The molecule has 1 aromatic rings. The fourth-order valence-corrected chi connectivity index (χ4v) is 4.16. The average Bonchev–Trinajstić information content (AvgIpc) is 3.19. The van der Waals surface area contributed by atoms with Crippen molar-refractivity contribution in [1.82, 2.24) is 0 Å². The lowest BCUT2D eigenvalue weighted by atomic mass is 10.1. The molecular weight excluding hydrogens is 292 g/mol.